The van der Waals surface area contributed by atoms with E-state index >= 15 is 0 Å². The molecule has 0 aliphatic heterocycles. The van der Waals surface area contributed by atoms with Crippen molar-refractivity contribution in [2.75, 3.05) is 26.0 Å². The van der Waals surface area contributed by atoms with Crippen molar-refractivity contribution in [3.63, 3.8) is 0 Å². The van der Waals surface area contributed by atoms with E-state index in [2.05, 4.69) is 15.2 Å². The van der Waals surface area contributed by atoms with Crippen LogP contribution in [0.4, 0.5) is 5.82 Å². The van der Waals surface area contributed by atoms with Crippen LogP contribution < -0.4 is 5.32 Å². The lowest BCUT2D eigenvalue weighted by Gasteiger charge is -2.23. The maximum absolute atomic E-state index is 6.14. The number of anilines is 1. The quantitative estimate of drug-likeness (QED) is 0.355. The Hall–Kier alpha value is -3.97. The van der Waals surface area contributed by atoms with E-state index in [1.54, 1.807) is 0 Å². The van der Waals surface area contributed by atoms with E-state index in [1.165, 1.54) is 0 Å². The van der Waals surface area contributed by atoms with Crippen LogP contribution in [0, 0.1) is 6.92 Å². The highest BCUT2D eigenvalue weighted by Gasteiger charge is 2.21. The molecule has 1 atom stereocenters. The number of aryl methyl sites for hydroxylation is 1. The topological polar surface area (TPSA) is 80.2 Å². The second-order valence-electron chi connectivity index (χ2n) is 8.11. The van der Waals surface area contributed by atoms with Gasteiger partial charge < -0.3 is 14.2 Å². The van der Waals surface area contributed by atoms with Gasteiger partial charge in [0.05, 0.1) is 6.04 Å². The first-order valence-electron chi connectivity index (χ1n) is 10.8. The number of hydrogen-bond acceptors (Lipinski definition) is 7. The number of oxazole rings is 1. The first-order valence-corrected chi connectivity index (χ1v) is 10.8. The standard InChI is InChI=1S/C26H25N5O2/c1-17-14-15-21(32-17)20(31(2)3)16-27-24-22-25(29-23(28-24)18-10-6-4-7-11-18)30-26(33-22)19-12-8-5-9-13-19/h4-15,20H,16H2,1-3H3,(H,27,28,29)/t20-/m0/s1. The zero-order chi connectivity index (χ0) is 22.8. The Kier molecular flexibility index (Phi) is 5.62. The van der Waals surface area contributed by atoms with Crippen molar-refractivity contribution >= 4 is 17.0 Å². The van der Waals surface area contributed by atoms with Gasteiger partial charge in [-0.1, -0.05) is 48.5 Å². The molecule has 0 radical (unpaired) electrons. The number of nitrogens with zero attached hydrogens (tertiary/aromatic N) is 4. The molecule has 3 heterocycles. The van der Waals surface area contributed by atoms with Gasteiger partial charge in [-0.2, -0.15) is 4.98 Å². The van der Waals surface area contributed by atoms with Gasteiger partial charge in [0.25, 0.3) is 0 Å². The molecule has 0 saturated heterocycles. The van der Waals surface area contributed by atoms with Gasteiger partial charge in [0, 0.05) is 17.7 Å². The Balaban J connectivity index is 1.56. The van der Waals surface area contributed by atoms with Gasteiger partial charge in [0.1, 0.15) is 11.5 Å². The van der Waals surface area contributed by atoms with Gasteiger partial charge in [-0.15, -0.1) is 0 Å². The maximum atomic E-state index is 6.14. The highest BCUT2D eigenvalue weighted by Crippen LogP contribution is 2.30. The summed E-state index contributed by atoms with van der Waals surface area (Å²) in [5, 5.41) is 3.47. The summed E-state index contributed by atoms with van der Waals surface area (Å²) >= 11 is 0. The molecule has 33 heavy (non-hydrogen) atoms. The number of benzene rings is 2. The summed E-state index contributed by atoms with van der Waals surface area (Å²) in [5.74, 6) is 3.48. The summed E-state index contributed by atoms with van der Waals surface area (Å²) in [7, 11) is 4.05. The lowest BCUT2D eigenvalue weighted by Crippen LogP contribution is -2.26. The first kappa shape index (κ1) is 20.9. The number of likely N-dealkylation sites (N-methyl/N-ethyl adjacent to an activating group) is 1. The van der Waals surface area contributed by atoms with Crippen LogP contribution in [-0.2, 0) is 0 Å². The van der Waals surface area contributed by atoms with Crippen molar-refractivity contribution in [3.05, 3.63) is 84.3 Å². The van der Waals surface area contributed by atoms with Gasteiger partial charge >= 0.3 is 0 Å². The molecule has 0 bridgehead atoms. The van der Waals surface area contributed by atoms with E-state index in [1.807, 2.05) is 93.8 Å². The molecule has 5 aromatic rings. The van der Waals surface area contributed by atoms with Crippen LogP contribution in [0.15, 0.2) is 81.6 Å². The second kappa shape index (κ2) is 8.88. The molecule has 1 N–H and O–H groups in total. The third-order valence-electron chi connectivity index (χ3n) is 5.48. The summed E-state index contributed by atoms with van der Waals surface area (Å²) < 4.78 is 12.0. The molecule has 7 nitrogen and oxygen atoms in total. The van der Waals surface area contributed by atoms with Crippen LogP contribution in [0.25, 0.3) is 34.1 Å². The lowest BCUT2D eigenvalue weighted by atomic mass is 10.2. The van der Waals surface area contributed by atoms with E-state index in [4.69, 9.17) is 18.8 Å². The second-order valence-corrected chi connectivity index (χ2v) is 8.11. The van der Waals surface area contributed by atoms with Crippen LogP contribution in [0.5, 0.6) is 0 Å². The predicted molar refractivity (Wildman–Crippen MR) is 129 cm³/mol. The molecule has 0 aliphatic rings. The lowest BCUT2D eigenvalue weighted by molar-refractivity contribution is 0.266. The van der Waals surface area contributed by atoms with Gasteiger partial charge in [0.2, 0.25) is 17.1 Å². The molecule has 2 aromatic carbocycles. The Morgan fingerprint density at radius 2 is 1.52 bits per heavy atom. The van der Waals surface area contributed by atoms with E-state index in [0.717, 1.165) is 22.6 Å². The van der Waals surface area contributed by atoms with Crippen LogP contribution in [0.2, 0.25) is 0 Å². The number of aromatic nitrogens is 3. The minimum atomic E-state index is 0.0143. The summed E-state index contributed by atoms with van der Waals surface area (Å²) in [6.45, 7) is 2.52. The highest BCUT2D eigenvalue weighted by molar-refractivity contribution is 5.84. The van der Waals surface area contributed by atoms with Gasteiger partial charge in [-0.3, -0.25) is 4.90 Å². The Labute approximate surface area is 192 Å². The predicted octanol–water partition coefficient (Wildman–Crippen LogP) is 5.57. The van der Waals surface area contributed by atoms with Crippen molar-refractivity contribution in [2.45, 2.75) is 13.0 Å². The van der Waals surface area contributed by atoms with E-state index in [9.17, 15) is 0 Å². The fraction of sp³-hybridized carbons (Fsp3) is 0.192. The molecule has 0 amide bonds. The number of nitrogens with one attached hydrogen (secondary N) is 1. The third kappa shape index (κ3) is 4.36. The molecule has 0 spiro atoms. The number of furan rings is 1. The number of hydrogen-bond donors (Lipinski definition) is 1. The Bertz CT molecular complexity index is 1360. The molecule has 0 saturated carbocycles. The molecular formula is C26H25N5O2. The maximum Gasteiger partial charge on any atom is 0.229 e. The van der Waals surface area contributed by atoms with E-state index in [-0.39, 0.29) is 6.04 Å². The van der Waals surface area contributed by atoms with Crippen molar-refractivity contribution in [1.82, 2.24) is 19.9 Å². The number of fused-ring (bicyclic) bond motifs is 1. The van der Waals surface area contributed by atoms with Crippen LogP contribution in [0.1, 0.15) is 17.6 Å². The minimum absolute atomic E-state index is 0.0143. The Morgan fingerprint density at radius 3 is 2.15 bits per heavy atom. The summed E-state index contributed by atoms with van der Waals surface area (Å²) in [6.07, 6.45) is 0. The summed E-state index contributed by atoms with van der Waals surface area (Å²) in [4.78, 5) is 16.3. The monoisotopic (exact) mass is 439 g/mol. The number of rotatable bonds is 7. The molecule has 5 rings (SSSR count). The normalized spacial score (nSPS) is 12.4. The van der Waals surface area contributed by atoms with Crippen LogP contribution in [-0.4, -0.2) is 40.5 Å². The molecule has 0 aliphatic carbocycles. The van der Waals surface area contributed by atoms with E-state index in [0.29, 0.717) is 35.3 Å². The van der Waals surface area contributed by atoms with Gasteiger partial charge in [0.15, 0.2) is 11.6 Å². The SMILES string of the molecule is Cc1ccc([C@H](CNc2nc(-c3ccccc3)nc3nc(-c4ccccc4)oc23)N(C)C)o1. The molecule has 166 valence electrons. The highest BCUT2D eigenvalue weighted by atomic mass is 16.4. The molecule has 7 heteroatoms. The summed E-state index contributed by atoms with van der Waals surface area (Å²) in [6, 6.07) is 23.7. The van der Waals surface area contributed by atoms with Gasteiger partial charge in [-0.25, -0.2) is 9.97 Å². The third-order valence-corrected chi connectivity index (χ3v) is 5.48. The minimum Gasteiger partial charge on any atom is -0.465 e. The zero-order valence-electron chi connectivity index (χ0n) is 18.8. The average molecular weight is 440 g/mol. The molecular weight excluding hydrogens is 414 g/mol. The fourth-order valence-corrected chi connectivity index (χ4v) is 3.73. The van der Waals surface area contributed by atoms with Crippen molar-refractivity contribution < 1.29 is 8.83 Å². The zero-order valence-corrected chi connectivity index (χ0v) is 18.8. The molecule has 0 unspecified atom stereocenters. The van der Waals surface area contributed by atoms with Crippen LogP contribution in [0.3, 0.4) is 0 Å². The first-order chi connectivity index (χ1) is 16.1. The van der Waals surface area contributed by atoms with Crippen molar-refractivity contribution in [3.8, 4) is 22.8 Å². The Morgan fingerprint density at radius 1 is 0.818 bits per heavy atom. The van der Waals surface area contributed by atoms with Crippen molar-refractivity contribution in [1.29, 1.82) is 0 Å². The fourth-order valence-electron chi connectivity index (χ4n) is 3.73. The van der Waals surface area contributed by atoms with Crippen LogP contribution >= 0.6 is 0 Å². The largest absolute Gasteiger partial charge is 0.465 e. The molecule has 0 fully saturated rings. The summed E-state index contributed by atoms with van der Waals surface area (Å²) in [5.41, 5.74) is 2.85. The average Bonchev–Trinajstić information content (AvgIpc) is 3.46. The molecule has 3 aromatic heterocycles. The van der Waals surface area contributed by atoms with Gasteiger partial charge in [-0.05, 0) is 45.3 Å². The smallest absolute Gasteiger partial charge is 0.229 e. The van der Waals surface area contributed by atoms with Crippen molar-refractivity contribution in [2.24, 2.45) is 0 Å². The van der Waals surface area contributed by atoms with E-state index < -0.39 is 0 Å².